The second kappa shape index (κ2) is 10.5. The molecule has 7 nitrogen and oxygen atoms in total. The number of ether oxygens (including phenoxy) is 2. The summed E-state index contributed by atoms with van der Waals surface area (Å²) in [5.41, 5.74) is 7.48. The molecule has 3 N–H and O–H groups in total. The summed E-state index contributed by atoms with van der Waals surface area (Å²) in [6.07, 6.45) is 1.09. The number of aliphatic imine (C=N–C) groups is 1. The Balaban J connectivity index is 1.64. The lowest BCUT2D eigenvalue weighted by Crippen LogP contribution is -2.40. The average molecular weight is 411 g/mol. The fraction of sp³-hybridized carbons (Fsp3) is 0.391. The van der Waals surface area contributed by atoms with E-state index in [0.29, 0.717) is 18.2 Å². The van der Waals surface area contributed by atoms with E-state index in [9.17, 15) is 4.79 Å². The number of amides is 1. The van der Waals surface area contributed by atoms with Crippen molar-refractivity contribution in [3.8, 4) is 11.5 Å². The van der Waals surface area contributed by atoms with Gasteiger partial charge in [0.15, 0.2) is 12.6 Å². The lowest BCUT2D eigenvalue weighted by Gasteiger charge is -2.22. The van der Waals surface area contributed by atoms with E-state index in [2.05, 4.69) is 29.3 Å². The third-order valence-electron chi connectivity index (χ3n) is 5.10. The summed E-state index contributed by atoms with van der Waals surface area (Å²) >= 11 is 0. The van der Waals surface area contributed by atoms with Crippen LogP contribution in [0.1, 0.15) is 30.4 Å². The number of carbonyl (C=O) groups excluding carboxylic acids is 1. The first-order valence-corrected chi connectivity index (χ1v) is 10.3. The summed E-state index contributed by atoms with van der Waals surface area (Å²) in [4.78, 5) is 18.0. The number of nitrogens with two attached hydrogens (primary N) is 1. The fourth-order valence-electron chi connectivity index (χ4n) is 3.58. The topological polar surface area (TPSA) is 89.2 Å². The number of primary amides is 1. The highest BCUT2D eigenvalue weighted by atomic mass is 16.5. The van der Waals surface area contributed by atoms with Gasteiger partial charge in [0.05, 0.1) is 13.7 Å². The lowest BCUT2D eigenvalue weighted by molar-refractivity contribution is -0.119. The van der Waals surface area contributed by atoms with Crippen LogP contribution in [0.15, 0.2) is 53.5 Å². The summed E-state index contributed by atoms with van der Waals surface area (Å²) in [6.45, 7) is 5.18. The number of benzene rings is 2. The van der Waals surface area contributed by atoms with Gasteiger partial charge in [0, 0.05) is 25.6 Å². The lowest BCUT2D eigenvalue weighted by atomic mass is 9.98. The molecule has 0 aromatic heterocycles. The van der Waals surface area contributed by atoms with Crippen LogP contribution in [0.3, 0.4) is 0 Å². The predicted octanol–water partition coefficient (Wildman–Crippen LogP) is 2.51. The number of rotatable bonds is 8. The Morgan fingerprint density at radius 1 is 1.23 bits per heavy atom. The van der Waals surface area contributed by atoms with Crippen LogP contribution in [0.25, 0.3) is 0 Å². The molecule has 2 aromatic rings. The molecule has 7 heteroatoms. The Morgan fingerprint density at radius 2 is 2.03 bits per heavy atom. The highest BCUT2D eigenvalue weighted by Gasteiger charge is 2.26. The van der Waals surface area contributed by atoms with Gasteiger partial charge in [0.25, 0.3) is 5.91 Å². The summed E-state index contributed by atoms with van der Waals surface area (Å²) in [7, 11) is 1.69. The smallest absolute Gasteiger partial charge is 0.255 e. The highest BCUT2D eigenvalue weighted by Crippen LogP contribution is 2.28. The molecule has 2 aromatic carbocycles. The third-order valence-corrected chi connectivity index (χ3v) is 5.10. The normalized spacial score (nSPS) is 16.4. The molecule has 1 aliphatic rings. The SMILES string of the molecule is CCNC(=NCc1cccc(OCC(N)=O)c1)N1CCC(c2ccc(OC)cc2)C1. The standard InChI is InChI=1S/C23H30N4O3/c1-3-25-23(26-14-17-5-4-6-21(13-17)30-16-22(24)28)27-12-11-19(15-27)18-7-9-20(29-2)10-8-18/h4-10,13,19H,3,11-12,14-16H2,1-2H3,(H2,24,28)(H,25,26). The van der Waals surface area contributed by atoms with E-state index in [1.165, 1.54) is 5.56 Å². The Kier molecular flexibility index (Phi) is 7.54. The van der Waals surface area contributed by atoms with Gasteiger partial charge in [0.1, 0.15) is 11.5 Å². The Hall–Kier alpha value is -3.22. The van der Waals surface area contributed by atoms with Crippen LogP contribution in [0, 0.1) is 0 Å². The van der Waals surface area contributed by atoms with E-state index >= 15 is 0 Å². The quantitative estimate of drug-likeness (QED) is 0.516. The maximum Gasteiger partial charge on any atom is 0.255 e. The van der Waals surface area contributed by atoms with E-state index in [-0.39, 0.29) is 6.61 Å². The second-order valence-corrected chi connectivity index (χ2v) is 7.28. The highest BCUT2D eigenvalue weighted by molar-refractivity contribution is 5.80. The zero-order valence-electron chi connectivity index (χ0n) is 17.6. The molecule has 0 saturated carbocycles. The van der Waals surface area contributed by atoms with E-state index in [1.807, 2.05) is 30.3 Å². The number of hydrogen-bond donors (Lipinski definition) is 2. The van der Waals surface area contributed by atoms with Crippen molar-refractivity contribution in [3.63, 3.8) is 0 Å². The molecule has 1 saturated heterocycles. The third kappa shape index (κ3) is 5.89. The number of nitrogens with one attached hydrogen (secondary N) is 1. The predicted molar refractivity (Wildman–Crippen MR) is 118 cm³/mol. The Morgan fingerprint density at radius 3 is 2.73 bits per heavy atom. The van der Waals surface area contributed by atoms with Gasteiger partial charge in [-0.25, -0.2) is 4.99 Å². The molecule has 0 bridgehead atoms. The molecule has 3 rings (SSSR count). The maximum atomic E-state index is 10.9. The molecule has 0 radical (unpaired) electrons. The van der Waals surface area contributed by atoms with Gasteiger partial charge in [-0.05, 0) is 48.7 Å². The van der Waals surface area contributed by atoms with E-state index in [0.717, 1.165) is 43.3 Å². The van der Waals surface area contributed by atoms with Crippen LogP contribution in [-0.4, -0.2) is 50.1 Å². The van der Waals surface area contributed by atoms with Crippen molar-refractivity contribution in [1.82, 2.24) is 10.2 Å². The van der Waals surface area contributed by atoms with Gasteiger partial charge >= 0.3 is 0 Å². The number of nitrogens with zero attached hydrogens (tertiary/aromatic N) is 2. The minimum atomic E-state index is -0.492. The Labute approximate surface area is 177 Å². The number of methoxy groups -OCH3 is 1. The molecule has 160 valence electrons. The zero-order valence-corrected chi connectivity index (χ0v) is 17.6. The van der Waals surface area contributed by atoms with E-state index < -0.39 is 5.91 Å². The van der Waals surface area contributed by atoms with Crippen molar-refractivity contribution >= 4 is 11.9 Å². The molecular weight excluding hydrogens is 380 g/mol. The molecule has 30 heavy (non-hydrogen) atoms. The van der Waals surface area contributed by atoms with Gasteiger partial charge in [0.2, 0.25) is 0 Å². The van der Waals surface area contributed by atoms with Gasteiger partial charge in [-0.2, -0.15) is 0 Å². The summed E-state index contributed by atoms with van der Waals surface area (Å²) in [6, 6.07) is 15.9. The minimum Gasteiger partial charge on any atom is -0.497 e. The van der Waals surface area contributed by atoms with Crippen LogP contribution in [0.5, 0.6) is 11.5 Å². The van der Waals surface area contributed by atoms with Crippen LogP contribution in [-0.2, 0) is 11.3 Å². The Bertz CT molecular complexity index is 867. The van der Waals surface area contributed by atoms with E-state index in [1.54, 1.807) is 13.2 Å². The summed E-state index contributed by atoms with van der Waals surface area (Å²) < 4.78 is 10.6. The van der Waals surface area contributed by atoms with Crippen molar-refractivity contribution < 1.29 is 14.3 Å². The molecular formula is C23H30N4O3. The fourth-order valence-corrected chi connectivity index (χ4v) is 3.58. The molecule has 1 fully saturated rings. The van der Waals surface area contributed by atoms with Gasteiger partial charge in [-0.15, -0.1) is 0 Å². The summed E-state index contributed by atoms with van der Waals surface area (Å²) in [5.74, 6) is 2.40. The number of carbonyl (C=O) groups is 1. The largest absolute Gasteiger partial charge is 0.497 e. The van der Waals surface area contributed by atoms with Crippen molar-refractivity contribution in [2.75, 3.05) is 33.4 Å². The van der Waals surface area contributed by atoms with Crippen molar-refractivity contribution in [2.24, 2.45) is 10.7 Å². The molecule has 0 spiro atoms. The number of likely N-dealkylation sites (tertiary alicyclic amines) is 1. The van der Waals surface area contributed by atoms with Gasteiger partial charge < -0.3 is 25.4 Å². The first-order chi connectivity index (χ1) is 14.6. The first-order valence-electron chi connectivity index (χ1n) is 10.3. The molecule has 1 amide bonds. The minimum absolute atomic E-state index is 0.129. The molecule has 1 heterocycles. The van der Waals surface area contributed by atoms with Crippen molar-refractivity contribution in [3.05, 3.63) is 59.7 Å². The molecule has 1 unspecified atom stereocenters. The van der Waals surface area contributed by atoms with Crippen LogP contribution < -0.4 is 20.5 Å². The number of guanidine groups is 1. The van der Waals surface area contributed by atoms with Crippen molar-refractivity contribution in [2.45, 2.75) is 25.8 Å². The molecule has 0 aliphatic carbocycles. The molecule has 1 aliphatic heterocycles. The van der Waals surface area contributed by atoms with Crippen LogP contribution in [0.2, 0.25) is 0 Å². The maximum absolute atomic E-state index is 10.9. The van der Waals surface area contributed by atoms with Gasteiger partial charge in [-0.1, -0.05) is 24.3 Å². The van der Waals surface area contributed by atoms with Gasteiger partial charge in [-0.3, -0.25) is 4.79 Å². The first kappa shape index (κ1) is 21.5. The monoisotopic (exact) mass is 410 g/mol. The average Bonchev–Trinajstić information content (AvgIpc) is 3.25. The van der Waals surface area contributed by atoms with E-state index in [4.69, 9.17) is 20.2 Å². The number of hydrogen-bond acceptors (Lipinski definition) is 4. The second-order valence-electron chi connectivity index (χ2n) is 7.28. The van der Waals surface area contributed by atoms with Crippen molar-refractivity contribution in [1.29, 1.82) is 0 Å². The summed E-state index contributed by atoms with van der Waals surface area (Å²) in [5, 5.41) is 3.40. The van der Waals surface area contributed by atoms with Crippen LogP contribution >= 0.6 is 0 Å². The van der Waals surface area contributed by atoms with Crippen LogP contribution in [0.4, 0.5) is 0 Å². The molecule has 1 atom stereocenters. The zero-order chi connectivity index (χ0) is 21.3.